The molecule has 5 rings (SSSR count). The summed E-state index contributed by atoms with van der Waals surface area (Å²) in [6.45, 7) is -0.339. The van der Waals surface area contributed by atoms with Crippen LogP contribution in [0.2, 0.25) is 0 Å². The molecule has 4 aromatic rings. The fourth-order valence-electron chi connectivity index (χ4n) is 4.46. The molecular formula is C32H26N2O9. The molecule has 4 aromatic carbocycles. The van der Waals surface area contributed by atoms with Gasteiger partial charge in [-0.1, -0.05) is 12.1 Å². The SMILES string of the molecule is COc1ccccc1Oc1ccc(N2C[C@@H](C(=O)OCC(=O)c3ccc(Oc4ccc([N+](=O)[O-])cc4)cc3)CC2=O)cc1. The molecule has 0 radical (unpaired) electrons. The van der Waals surface area contributed by atoms with Crippen molar-refractivity contribution in [2.24, 2.45) is 5.92 Å². The summed E-state index contributed by atoms with van der Waals surface area (Å²) >= 11 is 0. The molecule has 1 fully saturated rings. The number of para-hydroxylation sites is 2. The Morgan fingerprint density at radius 2 is 1.42 bits per heavy atom. The lowest BCUT2D eigenvalue weighted by atomic mass is 10.1. The number of methoxy groups -OCH3 is 1. The number of Topliss-reactive ketones (excluding diaryl/α,β-unsaturated/α-hetero) is 1. The minimum Gasteiger partial charge on any atom is -0.493 e. The highest BCUT2D eigenvalue weighted by molar-refractivity contribution is 6.01. The number of esters is 1. The van der Waals surface area contributed by atoms with E-state index >= 15 is 0 Å². The largest absolute Gasteiger partial charge is 0.493 e. The molecule has 0 spiro atoms. The predicted molar refractivity (Wildman–Crippen MR) is 155 cm³/mol. The number of carbonyl (C=O) groups excluding carboxylic acids is 3. The molecule has 43 heavy (non-hydrogen) atoms. The highest BCUT2D eigenvalue weighted by Crippen LogP contribution is 2.33. The molecule has 0 saturated carbocycles. The summed E-state index contributed by atoms with van der Waals surface area (Å²) in [7, 11) is 1.56. The Morgan fingerprint density at radius 3 is 2.05 bits per heavy atom. The zero-order chi connectivity index (χ0) is 30.3. The summed E-state index contributed by atoms with van der Waals surface area (Å²) in [5.74, 6) is 0.548. The molecule has 1 atom stereocenters. The van der Waals surface area contributed by atoms with Crippen LogP contribution < -0.4 is 19.1 Å². The predicted octanol–water partition coefficient (Wildman–Crippen LogP) is 5.97. The number of anilines is 1. The monoisotopic (exact) mass is 582 g/mol. The van der Waals surface area contributed by atoms with Crippen LogP contribution in [0.1, 0.15) is 16.8 Å². The maximum absolute atomic E-state index is 12.7. The summed E-state index contributed by atoms with van der Waals surface area (Å²) < 4.78 is 22.1. The Labute approximate surface area is 246 Å². The Balaban J connectivity index is 1.11. The Kier molecular flexibility index (Phi) is 8.61. The molecule has 1 amide bonds. The molecule has 1 saturated heterocycles. The molecule has 0 aliphatic carbocycles. The number of nitro benzene ring substituents is 1. The average Bonchev–Trinajstić information content (AvgIpc) is 3.42. The van der Waals surface area contributed by atoms with Gasteiger partial charge in [0.05, 0.1) is 18.0 Å². The van der Waals surface area contributed by atoms with Crippen LogP contribution in [0.15, 0.2) is 97.1 Å². The lowest BCUT2D eigenvalue weighted by molar-refractivity contribution is -0.384. The molecule has 218 valence electrons. The van der Waals surface area contributed by atoms with E-state index in [1.165, 1.54) is 41.3 Å². The van der Waals surface area contributed by atoms with Crippen LogP contribution in [0.4, 0.5) is 11.4 Å². The van der Waals surface area contributed by atoms with Crippen molar-refractivity contribution in [2.75, 3.05) is 25.2 Å². The van der Waals surface area contributed by atoms with Crippen molar-refractivity contribution in [1.29, 1.82) is 0 Å². The van der Waals surface area contributed by atoms with Crippen molar-refractivity contribution in [3.05, 3.63) is 113 Å². The van der Waals surface area contributed by atoms with Gasteiger partial charge in [0.25, 0.3) is 5.69 Å². The van der Waals surface area contributed by atoms with Crippen molar-refractivity contribution in [3.8, 4) is 28.7 Å². The zero-order valence-corrected chi connectivity index (χ0v) is 23.0. The van der Waals surface area contributed by atoms with Crippen LogP contribution in [-0.2, 0) is 14.3 Å². The molecule has 1 aliphatic rings. The van der Waals surface area contributed by atoms with E-state index < -0.39 is 29.2 Å². The third kappa shape index (κ3) is 6.96. The van der Waals surface area contributed by atoms with Gasteiger partial charge in [-0.05, 0) is 72.8 Å². The van der Waals surface area contributed by atoms with Gasteiger partial charge in [0, 0.05) is 36.3 Å². The summed E-state index contributed by atoms with van der Waals surface area (Å²) in [4.78, 5) is 49.8. The maximum atomic E-state index is 12.7. The average molecular weight is 583 g/mol. The normalized spacial score (nSPS) is 14.2. The van der Waals surface area contributed by atoms with E-state index in [1.54, 1.807) is 55.6 Å². The van der Waals surface area contributed by atoms with Gasteiger partial charge in [-0.15, -0.1) is 0 Å². The highest BCUT2D eigenvalue weighted by atomic mass is 16.6. The van der Waals surface area contributed by atoms with E-state index in [0.29, 0.717) is 40.0 Å². The van der Waals surface area contributed by atoms with Gasteiger partial charge in [-0.25, -0.2) is 0 Å². The number of ketones is 1. The van der Waals surface area contributed by atoms with Gasteiger partial charge in [0.2, 0.25) is 5.91 Å². The topological polar surface area (TPSA) is 135 Å². The molecule has 0 N–H and O–H groups in total. The number of amides is 1. The number of nitrogens with zero attached hydrogens (tertiary/aromatic N) is 2. The smallest absolute Gasteiger partial charge is 0.311 e. The molecular weight excluding hydrogens is 556 g/mol. The first-order valence-electron chi connectivity index (χ1n) is 13.2. The molecule has 0 bridgehead atoms. The molecule has 1 aliphatic heterocycles. The first-order chi connectivity index (χ1) is 20.8. The van der Waals surface area contributed by atoms with Crippen molar-refractivity contribution in [1.82, 2.24) is 0 Å². The first-order valence-corrected chi connectivity index (χ1v) is 13.2. The van der Waals surface area contributed by atoms with Crippen LogP contribution in [-0.4, -0.2) is 42.8 Å². The number of non-ortho nitro benzene ring substituents is 1. The number of hydrogen-bond acceptors (Lipinski definition) is 9. The van der Waals surface area contributed by atoms with E-state index in [1.807, 2.05) is 12.1 Å². The molecule has 0 unspecified atom stereocenters. The van der Waals surface area contributed by atoms with Crippen molar-refractivity contribution in [3.63, 3.8) is 0 Å². The number of nitro groups is 1. The fourth-order valence-corrected chi connectivity index (χ4v) is 4.46. The van der Waals surface area contributed by atoms with Gasteiger partial charge in [0.1, 0.15) is 17.2 Å². The minimum absolute atomic E-state index is 0.0266. The van der Waals surface area contributed by atoms with Crippen LogP contribution in [0, 0.1) is 16.0 Å². The van der Waals surface area contributed by atoms with E-state index in [0.717, 1.165) is 0 Å². The van der Waals surface area contributed by atoms with E-state index in [9.17, 15) is 24.5 Å². The highest BCUT2D eigenvalue weighted by Gasteiger charge is 2.36. The summed E-state index contributed by atoms with van der Waals surface area (Å²) in [6, 6.07) is 25.9. The second kappa shape index (κ2) is 12.9. The minimum atomic E-state index is -0.706. The lowest BCUT2D eigenvalue weighted by Crippen LogP contribution is -2.27. The Hall–Kier alpha value is -5.71. The molecule has 11 heteroatoms. The van der Waals surface area contributed by atoms with Gasteiger partial charge >= 0.3 is 5.97 Å². The maximum Gasteiger partial charge on any atom is 0.311 e. The Morgan fingerprint density at radius 1 is 0.837 bits per heavy atom. The Bertz CT molecular complexity index is 1640. The van der Waals surface area contributed by atoms with E-state index in [2.05, 4.69) is 0 Å². The van der Waals surface area contributed by atoms with Gasteiger partial charge in [0.15, 0.2) is 23.9 Å². The molecule has 0 aromatic heterocycles. The summed E-state index contributed by atoms with van der Waals surface area (Å²) in [5.41, 5.74) is 0.866. The molecule has 1 heterocycles. The van der Waals surface area contributed by atoms with E-state index in [4.69, 9.17) is 18.9 Å². The third-order valence-corrected chi connectivity index (χ3v) is 6.71. The summed E-state index contributed by atoms with van der Waals surface area (Å²) in [6.07, 6.45) is -0.0266. The number of ether oxygens (including phenoxy) is 4. The fraction of sp³-hybridized carbons (Fsp3) is 0.156. The first kappa shape index (κ1) is 28.8. The number of rotatable bonds is 11. The lowest BCUT2D eigenvalue weighted by Gasteiger charge is -2.17. The number of carbonyl (C=O) groups is 3. The second-order valence-electron chi connectivity index (χ2n) is 9.56. The van der Waals surface area contributed by atoms with Crippen molar-refractivity contribution in [2.45, 2.75) is 6.42 Å². The number of hydrogen-bond donors (Lipinski definition) is 0. The third-order valence-electron chi connectivity index (χ3n) is 6.71. The zero-order valence-electron chi connectivity index (χ0n) is 23.0. The van der Waals surface area contributed by atoms with Gasteiger partial charge in [-0.3, -0.25) is 24.5 Å². The van der Waals surface area contributed by atoms with Crippen molar-refractivity contribution < 1.29 is 38.3 Å². The summed E-state index contributed by atoms with van der Waals surface area (Å²) in [5, 5.41) is 10.8. The standard InChI is InChI=1S/C32H26N2O9/c1-40-29-4-2-3-5-30(29)43-27-14-8-23(9-15-27)33-19-22(18-31(33)36)32(37)41-20-28(35)21-6-12-25(13-7-21)42-26-16-10-24(11-17-26)34(38)39/h2-17,22H,18-20H2,1H3/t22-/m0/s1. The van der Waals surface area contributed by atoms with Crippen LogP contribution in [0.3, 0.4) is 0 Å². The van der Waals surface area contributed by atoms with E-state index in [-0.39, 0.29) is 24.6 Å². The van der Waals surface area contributed by atoms with Crippen LogP contribution >= 0.6 is 0 Å². The number of benzene rings is 4. The van der Waals surface area contributed by atoms with Gasteiger partial charge < -0.3 is 23.8 Å². The van der Waals surface area contributed by atoms with Crippen molar-refractivity contribution >= 4 is 29.0 Å². The quantitative estimate of drug-likeness (QED) is 0.0907. The van der Waals surface area contributed by atoms with Crippen LogP contribution in [0.25, 0.3) is 0 Å². The molecule has 11 nitrogen and oxygen atoms in total. The van der Waals surface area contributed by atoms with Gasteiger partial charge in [-0.2, -0.15) is 0 Å². The second-order valence-corrected chi connectivity index (χ2v) is 9.56. The van der Waals surface area contributed by atoms with Crippen LogP contribution in [0.5, 0.6) is 28.7 Å².